The average Bonchev–Trinajstić information content (AvgIpc) is 2.47. The molecule has 0 amide bonds. The SMILES string of the molecule is Cc1ccc(C)c(COc2ccc(C#CCCl)cc2C)c1. The standard InChI is InChI=1S/C19H19ClO/c1-14-6-7-15(2)18(11-14)13-21-19-9-8-17(5-4-10-20)12-16(19)3/h6-9,11-12H,10,13H2,1-3H3. The van der Waals surface area contributed by atoms with E-state index in [2.05, 4.69) is 43.9 Å². The van der Waals surface area contributed by atoms with E-state index in [9.17, 15) is 0 Å². The summed E-state index contributed by atoms with van der Waals surface area (Å²) in [5, 5.41) is 0. The number of rotatable bonds is 3. The van der Waals surface area contributed by atoms with Gasteiger partial charge in [0, 0.05) is 5.56 Å². The van der Waals surface area contributed by atoms with E-state index in [-0.39, 0.29) is 0 Å². The molecule has 2 heteroatoms. The molecule has 0 aromatic heterocycles. The minimum Gasteiger partial charge on any atom is -0.489 e. The van der Waals surface area contributed by atoms with Crippen molar-refractivity contribution in [2.24, 2.45) is 0 Å². The van der Waals surface area contributed by atoms with Gasteiger partial charge in [0.15, 0.2) is 0 Å². The third-order valence-corrected chi connectivity index (χ3v) is 3.50. The van der Waals surface area contributed by atoms with Crippen molar-refractivity contribution in [2.75, 3.05) is 5.88 Å². The van der Waals surface area contributed by atoms with Gasteiger partial charge < -0.3 is 4.74 Å². The monoisotopic (exact) mass is 298 g/mol. The van der Waals surface area contributed by atoms with Gasteiger partial charge in [-0.05, 0) is 55.7 Å². The van der Waals surface area contributed by atoms with Gasteiger partial charge in [-0.1, -0.05) is 35.6 Å². The fourth-order valence-corrected chi connectivity index (χ4v) is 2.20. The normalized spacial score (nSPS) is 9.90. The lowest BCUT2D eigenvalue weighted by Gasteiger charge is -2.12. The second kappa shape index (κ2) is 7.20. The van der Waals surface area contributed by atoms with Crippen LogP contribution in [-0.2, 0) is 6.61 Å². The van der Waals surface area contributed by atoms with Gasteiger partial charge in [0.2, 0.25) is 0 Å². The Morgan fingerprint density at radius 3 is 2.52 bits per heavy atom. The summed E-state index contributed by atoms with van der Waals surface area (Å²) >= 11 is 5.57. The van der Waals surface area contributed by atoms with Crippen molar-refractivity contribution in [1.29, 1.82) is 0 Å². The molecule has 0 radical (unpaired) electrons. The summed E-state index contributed by atoms with van der Waals surface area (Å²) in [5.74, 6) is 7.12. The molecule has 0 N–H and O–H groups in total. The number of benzene rings is 2. The van der Waals surface area contributed by atoms with Crippen LogP contribution in [0.15, 0.2) is 36.4 Å². The zero-order valence-corrected chi connectivity index (χ0v) is 13.4. The molecule has 21 heavy (non-hydrogen) atoms. The zero-order valence-electron chi connectivity index (χ0n) is 12.7. The molecule has 0 unspecified atom stereocenters. The highest BCUT2D eigenvalue weighted by molar-refractivity contribution is 6.19. The predicted molar refractivity (Wildman–Crippen MR) is 89.0 cm³/mol. The maximum Gasteiger partial charge on any atom is 0.122 e. The molecule has 0 fully saturated rings. The quantitative estimate of drug-likeness (QED) is 0.585. The van der Waals surface area contributed by atoms with Crippen LogP contribution in [0.4, 0.5) is 0 Å². The van der Waals surface area contributed by atoms with Gasteiger partial charge in [-0.3, -0.25) is 0 Å². The molecule has 0 aliphatic carbocycles. The van der Waals surface area contributed by atoms with Crippen LogP contribution in [0, 0.1) is 32.6 Å². The molecule has 108 valence electrons. The van der Waals surface area contributed by atoms with Crippen molar-refractivity contribution < 1.29 is 4.74 Å². The van der Waals surface area contributed by atoms with Gasteiger partial charge in [-0.2, -0.15) is 0 Å². The number of alkyl halides is 1. The summed E-state index contributed by atoms with van der Waals surface area (Å²) in [7, 11) is 0. The lowest BCUT2D eigenvalue weighted by atomic mass is 10.1. The third-order valence-electron chi connectivity index (χ3n) is 3.36. The molecule has 0 aliphatic heterocycles. The number of hydrogen-bond donors (Lipinski definition) is 0. The largest absolute Gasteiger partial charge is 0.489 e. The highest BCUT2D eigenvalue weighted by atomic mass is 35.5. The van der Waals surface area contributed by atoms with Crippen LogP contribution in [0.2, 0.25) is 0 Å². The lowest BCUT2D eigenvalue weighted by Crippen LogP contribution is -2.00. The van der Waals surface area contributed by atoms with Crippen molar-refractivity contribution in [3.05, 3.63) is 64.2 Å². The van der Waals surface area contributed by atoms with E-state index >= 15 is 0 Å². The Balaban J connectivity index is 2.11. The lowest BCUT2D eigenvalue weighted by molar-refractivity contribution is 0.303. The molecule has 0 atom stereocenters. The Labute approximate surface area is 131 Å². The first-order valence-corrected chi connectivity index (χ1v) is 7.48. The molecule has 2 rings (SSSR count). The molecule has 0 spiro atoms. The van der Waals surface area contributed by atoms with Crippen LogP contribution in [0.1, 0.15) is 27.8 Å². The highest BCUT2D eigenvalue weighted by Crippen LogP contribution is 2.21. The van der Waals surface area contributed by atoms with Crippen LogP contribution in [0.25, 0.3) is 0 Å². The first-order valence-electron chi connectivity index (χ1n) is 6.94. The Hall–Kier alpha value is -1.91. The summed E-state index contributed by atoms with van der Waals surface area (Å²) < 4.78 is 5.94. The molecule has 0 aliphatic rings. The summed E-state index contributed by atoms with van der Waals surface area (Å²) in [6.07, 6.45) is 0. The van der Waals surface area contributed by atoms with Crippen LogP contribution in [0.5, 0.6) is 5.75 Å². The summed E-state index contributed by atoms with van der Waals surface area (Å²) in [4.78, 5) is 0. The molecule has 2 aromatic carbocycles. The van der Waals surface area contributed by atoms with Crippen LogP contribution >= 0.6 is 11.6 Å². The number of halogens is 1. The number of hydrogen-bond acceptors (Lipinski definition) is 1. The minimum atomic E-state index is 0.351. The Morgan fingerprint density at radius 1 is 1.00 bits per heavy atom. The first kappa shape index (κ1) is 15.5. The van der Waals surface area contributed by atoms with Gasteiger partial charge in [0.05, 0.1) is 5.88 Å². The van der Waals surface area contributed by atoms with Gasteiger partial charge in [0.1, 0.15) is 12.4 Å². The molecular weight excluding hydrogens is 280 g/mol. The van der Waals surface area contributed by atoms with E-state index in [0.717, 1.165) is 16.9 Å². The summed E-state index contributed by atoms with van der Waals surface area (Å²) in [6.45, 7) is 6.82. The minimum absolute atomic E-state index is 0.351. The fraction of sp³-hybridized carbons (Fsp3) is 0.263. The summed E-state index contributed by atoms with van der Waals surface area (Å²) in [5.41, 5.74) is 5.78. The fourth-order valence-electron chi connectivity index (χ4n) is 2.14. The number of aryl methyl sites for hydroxylation is 3. The molecule has 1 nitrogen and oxygen atoms in total. The van der Waals surface area contributed by atoms with Crippen molar-refractivity contribution in [3.8, 4) is 17.6 Å². The third kappa shape index (κ3) is 4.28. The van der Waals surface area contributed by atoms with Crippen molar-refractivity contribution in [3.63, 3.8) is 0 Å². The molecule has 0 bridgehead atoms. The van der Waals surface area contributed by atoms with Gasteiger partial charge in [-0.25, -0.2) is 0 Å². The molecular formula is C19H19ClO. The van der Waals surface area contributed by atoms with Crippen molar-refractivity contribution in [2.45, 2.75) is 27.4 Å². The Bertz CT molecular complexity index is 692. The van der Waals surface area contributed by atoms with Gasteiger partial charge in [-0.15, -0.1) is 11.6 Å². The number of ether oxygens (including phenoxy) is 1. The molecule has 2 aromatic rings. The van der Waals surface area contributed by atoms with Gasteiger partial charge >= 0.3 is 0 Å². The van der Waals surface area contributed by atoms with E-state index in [0.29, 0.717) is 12.5 Å². The van der Waals surface area contributed by atoms with E-state index in [1.54, 1.807) is 0 Å². The maximum atomic E-state index is 5.94. The van der Waals surface area contributed by atoms with Crippen LogP contribution in [-0.4, -0.2) is 5.88 Å². The van der Waals surface area contributed by atoms with Crippen molar-refractivity contribution >= 4 is 11.6 Å². The Kier molecular flexibility index (Phi) is 5.31. The topological polar surface area (TPSA) is 9.23 Å². The molecule has 0 saturated carbocycles. The predicted octanol–water partition coefficient (Wildman–Crippen LogP) is 4.78. The smallest absolute Gasteiger partial charge is 0.122 e. The molecule has 0 heterocycles. The Morgan fingerprint density at radius 2 is 1.81 bits per heavy atom. The second-order valence-corrected chi connectivity index (χ2v) is 5.40. The highest BCUT2D eigenvalue weighted by Gasteiger charge is 2.03. The maximum absolute atomic E-state index is 5.94. The first-order chi connectivity index (χ1) is 10.1. The van der Waals surface area contributed by atoms with E-state index in [4.69, 9.17) is 16.3 Å². The van der Waals surface area contributed by atoms with E-state index < -0.39 is 0 Å². The zero-order chi connectivity index (χ0) is 15.2. The van der Waals surface area contributed by atoms with Gasteiger partial charge in [0.25, 0.3) is 0 Å². The van der Waals surface area contributed by atoms with Crippen LogP contribution in [0.3, 0.4) is 0 Å². The van der Waals surface area contributed by atoms with E-state index in [1.807, 2.05) is 25.1 Å². The molecule has 0 saturated heterocycles. The van der Waals surface area contributed by atoms with E-state index in [1.165, 1.54) is 16.7 Å². The average molecular weight is 299 g/mol. The second-order valence-electron chi connectivity index (χ2n) is 5.13. The summed E-state index contributed by atoms with van der Waals surface area (Å²) in [6, 6.07) is 12.4. The van der Waals surface area contributed by atoms with Crippen molar-refractivity contribution in [1.82, 2.24) is 0 Å². The van der Waals surface area contributed by atoms with Crippen LogP contribution < -0.4 is 4.74 Å².